The average molecular weight is 315 g/mol. The molecule has 8 heteroatoms. The number of primary sulfonamides is 1. The number of urea groups is 1. The monoisotopic (exact) mass is 315 g/mol. The molecule has 1 rings (SSSR count). The number of amides is 2. The van der Waals surface area contributed by atoms with Crippen LogP contribution in [-0.4, -0.2) is 40.8 Å². The fourth-order valence-electron chi connectivity index (χ4n) is 1.73. The molecule has 4 N–H and O–H groups in total. The fraction of sp³-hybridized carbons (Fsp3) is 0.462. The van der Waals surface area contributed by atoms with Gasteiger partial charge < -0.3 is 15.4 Å². The lowest BCUT2D eigenvalue weighted by Crippen LogP contribution is -2.43. The predicted octanol–water partition coefficient (Wildman–Crippen LogP) is 0.211. The Labute approximate surface area is 124 Å². The summed E-state index contributed by atoms with van der Waals surface area (Å²) in [5.74, 6) is 0. The third-order valence-corrected chi connectivity index (χ3v) is 3.67. The van der Waals surface area contributed by atoms with Crippen LogP contribution in [0.15, 0.2) is 29.2 Å². The van der Waals surface area contributed by atoms with Gasteiger partial charge in [-0.2, -0.15) is 0 Å². The van der Waals surface area contributed by atoms with Gasteiger partial charge in [0.05, 0.1) is 17.5 Å². The lowest BCUT2D eigenvalue weighted by molar-refractivity contribution is 0.171. The fourth-order valence-corrected chi connectivity index (χ4v) is 2.25. The Morgan fingerprint density at radius 2 is 1.95 bits per heavy atom. The van der Waals surface area contributed by atoms with Crippen LogP contribution in [0.4, 0.5) is 4.79 Å². The Hall–Kier alpha value is -1.64. The number of nitrogens with two attached hydrogens (primary N) is 1. The molecule has 0 spiro atoms. The van der Waals surface area contributed by atoms with Crippen LogP contribution in [0.25, 0.3) is 0 Å². The maximum absolute atomic E-state index is 11.5. The third-order valence-electron chi connectivity index (χ3n) is 2.75. The number of nitrogens with one attached hydrogen (secondary N) is 2. The molecule has 7 nitrogen and oxygen atoms in total. The van der Waals surface area contributed by atoms with Gasteiger partial charge >= 0.3 is 6.03 Å². The molecule has 1 aromatic carbocycles. The van der Waals surface area contributed by atoms with Crippen molar-refractivity contribution in [2.75, 3.05) is 20.3 Å². The number of sulfonamides is 1. The molecule has 1 unspecified atom stereocenters. The van der Waals surface area contributed by atoms with Gasteiger partial charge in [-0.05, 0) is 31.0 Å². The topological polar surface area (TPSA) is 111 Å². The quantitative estimate of drug-likeness (QED) is 0.668. The summed E-state index contributed by atoms with van der Waals surface area (Å²) >= 11 is 0. The zero-order chi connectivity index (χ0) is 15.9. The highest BCUT2D eigenvalue weighted by Gasteiger charge is 2.08. The summed E-state index contributed by atoms with van der Waals surface area (Å²) in [4.78, 5) is 11.6. The van der Waals surface area contributed by atoms with E-state index in [0.29, 0.717) is 19.6 Å². The molecule has 0 aliphatic heterocycles. The maximum Gasteiger partial charge on any atom is 0.315 e. The van der Waals surface area contributed by atoms with Crippen LogP contribution in [0, 0.1) is 0 Å². The zero-order valence-corrected chi connectivity index (χ0v) is 12.9. The summed E-state index contributed by atoms with van der Waals surface area (Å²) in [6.07, 6.45) is 0.594. The summed E-state index contributed by atoms with van der Waals surface area (Å²) in [7, 11) is -2.09. The highest BCUT2D eigenvalue weighted by Crippen LogP contribution is 2.08. The van der Waals surface area contributed by atoms with E-state index in [9.17, 15) is 13.2 Å². The summed E-state index contributed by atoms with van der Waals surface area (Å²) < 4.78 is 27.1. The number of ether oxygens (including phenoxy) is 1. The molecule has 0 heterocycles. The summed E-state index contributed by atoms with van der Waals surface area (Å²) in [6.45, 7) is 2.73. The van der Waals surface area contributed by atoms with Crippen LogP contribution < -0.4 is 15.8 Å². The van der Waals surface area contributed by atoms with Crippen molar-refractivity contribution in [1.82, 2.24) is 10.6 Å². The molecule has 0 aliphatic rings. The minimum Gasteiger partial charge on any atom is -0.383 e. The van der Waals surface area contributed by atoms with Gasteiger partial charge in [-0.1, -0.05) is 12.1 Å². The second kappa shape index (κ2) is 7.96. The van der Waals surface area contributed by atoms with Crippen molar-refractivity contribution < 1.29 is 17.9 Å². The van der Waals surface area contributed by atoms with Gasteiger partial charge in [0.15, 0.2) is 0 Å². The van der Waals surface area contributed by atoms with E-state index in [1.807, 2.05) is 6.92 Å². The van der Waals surface area contributed by atoms with Crippen LogP contribution >= 0.6 is 0 Å². The first-order chi connectivity index (χ1) is 9.82. The van der Waals surface area contributed by atoms with E-state index in [0.717, 1.165) is 5.56 Å². The van der Waals surface area contributed by atoms with Crippen molar-refractivity contribution >= 4 is 16.1 Å². The number of benzene rings is 1. The van der Waals surface area contributed by atoms with Crippen molar-refractivity contribution in [2.24, 2.45) is 5.14 Å². The lowest BCUT2D eigenvalue weighted by Gasteiger charge is -2.13. The second-order valence-corrected chi connectivity index (χ2v) is 6.26. The number of carbonyl (C=O) groups excluding carboxylic acids is 1. The molecule has 0 aliphatic carbocycles. The summed E-state index contributed by atoms with van der Waals surface area (Å²) in [5.41, 5.74) is 0.910. The first-order valence-electron chi connectivity index (χ1n) is 6.48. The number of hydrogen-bond donors (Lipinski definition) is 3. The minimum atomic E-state index is -3.66. The van der Waals surface area contributed by atoms with Gasteiger partial charge in [0.2, 0.25) is 10.0 Å². The Bertz CT molecular complexity index is 557. The SMILES string of the molecule is COCC(C)NC(=O)NCCc1ccc(S(N)(=O)=O)cc1. The van der Waals surface area contributed by atoms with Gasteiger partial charge in [-0.3, -0.25) is 0 Å². The maximum atomic E-state index is 11.5. The highest BCUT2D eigenvalue weighted by atomic mass is 32.2. The van der Waals surface area contributed by atoms with E-state index in [2.05, 4.69) is 10.6 Å². The molecule has 0 fully saturated rings. The Morgan fingerprint density at radius 1 is 1.33 bits per heavy atom. The van der Waals surface area contributed by atoms with E-state index in [1.165, 1.54) is 12.1 Å². The van der Waals surface area contributed by atoms with E-state index < -0.39 is 10.0 Å². The number of carbonyl (C=O) groups is 1. The van der Waals surface area contributed by atoms with E-state index >= 15 is 0 Å². The molecule has 21 heavy (non-hydrogen) atoms. The number of rotatable bonds is 7. The molecular formula is C13H21N3O4S. The Kier molecular flexibility index (Phi) is 6.60. The molecule has 1 atom stereocenters. The third kappa shape index (κ3) is 6.56. The molecular weight excluding hydrogens is 294 g/mol. The molecule has 0 aromatic heterocycles. The average Bonchev–Trinajstić information content (AvgIpc) is 2.38. The van der Waals surface area contributed by atoms with Gasteiger partial charge in [-0.15, -0.1) is 0 Å². The molecule has 0 saturated carbocycles. The van der Waals surface area contributed by atoms with Gasteiger partial charge in [-0.25, -0.2) is 18.4 Å². The molecule has 1 aromatic rings. The van der Waals surface area contributed by atoms with Crippen LogP contribution in [0.3, 0.4) is 0 Å². The molecule has 2 amide bonds. The summed E-state index contributed by atoms with van der Waals surface area (Å²) in [6, 6.07) is 5.92. The Morgan fingerprint density at radius 3 is 2.48 bits per heavy atom. The highest BCUT2D eigenvalue weighted by molar-refractivity contribution is 7.89. The van der Waals surface area contributed by atoms with Crippen LogP contribution in [-0.2, 0) is 21.2 Å². The molecule has 0 saturated heterocycles. The first-order valence-corrected chi connectivity index (χ1v) is 8.02. The zero-order valence-electron chi connectivity index (χ0n) is 12.1. The second-order valence-electron chi connectivity index (χ2n) is 4.70. The van der Waals surface area contributed by atoms with Crippen molar-refractivity contribution in [2.45, 2.75) is 24.3 Å². The largest absolute Gasteiger partial charge is 0.383 e. The molecule has 0 radical (unpaired) electrons. The minimum absolute atomic E-state index is 0.0657. The van der Waals surface area contributed by atoms with Gasteiger partial charge in [0.1, 0.15) is 0 Å². The van der Waals surface area contributed by atoms with Crippen LogP contribution in [0.1, 0.15) is 12.5 Å². The standard InChI is InChI=1S/C13H21N3O4S/c1-10(9-20-2)16-13(17)15-8-7-11-3-5-12(6-4-11)21(14,18)19/h3-6,10H,7-9H2,1-2H3,(H2,14,18,19)(H2,15,16,17). The van der Waals surface area contributed by atoms with E-state index in [-0.39, 0.29) is 17.0 Å². The van der Waals surface area contributed by atoms with Crippen LogP contribution in [0.2, 0.25) is 0 Å². The molecule has 118 valence electrons. The smallest absolute Gasteiger partial charge is 0.315 e. The number of methoxy groups -OCH3 is 1. The molecule has 0 bridgehead atoms. The predicted molar refractivity (Wildman–Crippen MR) is 79.4 cm³/mol. The van der Waals surface area contributed by atoms with Gasteiger partial charge in [0.25, 0.3) is 0 Å². The van der Waals surface area contributed by atoms with Crippen molar-refractivity contribution in [3.05, 3.63) is 29.8 Å². The van der Waals surface area contributed by atoms with E-state index in [1.54, 1.807) is 19.2 Å². The van der Waals surface area contributed by atoms with Gasteiger partial charge in [0, 0.05) is 13.7 Å². The summed E-state index contributed by atoms with van der Waals surface area (Å²) in [5, 5.41) is 10.5. The van der Waals surface area contributed by atoms with Crippen LogP contribution in [0.5, 0.6) is 0 Å². The van der Waals surface area contributed by atoms with E-state index in [4.69, 9.17) is 9.88 Å². The number of hydrogen-bond acceptors (Lipinski definition) is 4. The Balaban J connectivity index is 2.37. The van der Waals surface area contributed by atoms with Crippen molar-refractivity contribution in [3.63, 3.8) is 0 Å². The first kappa shape index (κ1) is 17.4. The lowest BCUT2D eigenvalue weighted by atomic mass is 10.1. The van der Waals surface area contributed by atoms with Crippen molar-refractivity contribution in [1.29, 1.82) is 0 Å². The van der Waals surface area contributed by atoms with Crippen molar-refractivity contribution in [3.8, 4) is 0 Å². The normalized spacial score (nSPS) is 12.7.